The quantitative estimate of drug-likeness (QED) is 0.429. The highest BCUT2D eigenvalue weighted by atomic mass is 19.1. The van der Waals surface area contributed by atoms with Gasteiger partial charge in [0.25, 0.3) is 11.6 Å². The summed E-state index contributed by atoms with van der Waals surface area (Å²) in [7, 11) is 0. The van der Waals surface area contributed by atoms with Crippen LogP contribution in [-0.2, 0) is 9.53 Å². The van der Waals surface area contributed by atoms with Crippen molar-refractivity contribution < 1.29 is 28.7 Å². The molecule has 0 saturated heterocycles. The smallest absolute Gasteiger partial charge is 0.329 e. The number of carbonyl (C=O) groups excluding carboxylic acids is 1. The molecule has 0 aromatic heterocycles. The zero-order valence-corrected chi connectivity index (χ0v) is 10.2. The number of benzene rings is 1. The number of nitro groups is 1. The molecule has 0 atom stereocenters. The van der Waals surface area contributed by atoms with Gasteiger partial charge in [-0.25, -0.2) is 9.18 Å². The fraction of sp³-hybridized carbons (Fsp3) is 0.273. The SMILES string of the molecule is O=C(O)COCCNC(=O)c1cc([N+](=O)[O-])ccc1F. The Bertz CT molecular complexity index is 534. The van der Waals surface area contributed by atoms with Crippen molar-refractivity contribution in [3.63, 3.8) is 0 Å². The number of nitro benzene ring substituents is 1. The number of hydrogen-bond donors (Lipinski definition) is 2. The van der Waals surface area contributed by atoms with Crippen LogP contribution in [0.3, 0.4) is 0 Å². The number of carbonyl (C=O) groups is 2. The molecule has 0 aliphatic heterocycles. The summed E-state index contributed by atoms with van der Waals surface area (Å²) in [5.41, 5.74) is -0.865. The summed E-state index contributed by atoms with van der Waals surface area (Å²) >= 11 is 0. The molecule has 0 unspecified atom stereocenters. The van der Waals surface area contributed by atoms with Crippen LogP contribution in [-0.4, -0.2) is 41.7 Å². The van der Waals surface area contributed by atoms with Crippen LogP contribution < -0.4 is 5.32 Å². The van der Waals surface area contributed by atoms with Crippen LogP contribution in [0.5, 0.6) is 0 Å². The first kappa shape index (κ1) is 15.5. The summed E-state index contributed by atoms with van der Waals surface area (Å²) in [5, 5.41) is 21.1. The highest BCUT2D eigenvalue weighted by Crippen LogP contribution is 2.16. The van der Waals surface area contributed by atoms with Crippen molar-refractivity contribution in [2.45, 2.75) is 0 Å². The number of ether oxygens (including phenoxy) is 1. The van der Waals surface area contributed by atoms with Gasteiger partial charge in [0.15, 0.2) is 0 Å². The number of carboxylic acids is 1. The normalized spacial score (nSPS) is 10.1. The number of halogens is 1. The Morgan fingerprint density at radius 1 is 1.45 bits per heavy atom. The summed E-state index contributed by atoms with van der Waals surface area (Å²) in [6.07, 6.45) is 0. The lowest BCUT2D eigenvalue weighted by molar-refractivity contribution is -0.384. The van der Waals surface area contributed by atoms with Crippen LogP contribution in [0.15, 0.2) is 18.2 Å². The number of nitrogens with one attached hydrogen (secondary N) is 1. The average Bonchev–Trinajstić information content (AvgIpc) is 2.37. The Morgan fingerprint density at radius 3 is 2.75 bits per heavy atom. The Hall–Kier alpha value is -2.55. The third-order valence-corrected chi connectivity index (χ3v) is 2.16. The van der Waals surface area contributed by atoms with Gasteiger partial charge >= 0.3 is 5.97 Å². The average molecular weight is 286 g/mol. The summed E-state index contributed by atoms with van der Waals surface area (Å²) in [4.78, 5) is 31.5. The lowest BCUT2D eigenvalue weighted by Gasteiger charge is -2.06. The summed E-state index contributed by atoms with van der Waals surface area (Å²) in [5.74, 6) is -2.88. The first-order valence-electron chi connectivity index (χ1n) is 5.43. The predicted molar refractivity (Wildman–Crippen MR) is 63.8 cm³/mol. The Kier molecular flexibility index (Phi) is 5.54. The molecule has 0 heterocycles. The molecule has 1 aromatic carbocycles. The van der Waals surface area contributed by atoms with E-state index in [1.165, 1.54) is 0 Å². The van der Waals surface area contributed by atoms with Crippen molar-refractivity contribution in [1.82, 2.24) is 5.32 Å². The molecule has 8 nitrogen and oxygen atoms in total. The second-order valence-electron chi connectivity index (χ2n) is 3.62. The predicted octanol–water partition coefficient (Wildman–Crippen LogP) is 0.565. The minimum absolute atomic E-state index is 0.0474. The molecular formula is C11H11FN2O6. The number of nitrogens with zero attached hydrogens (tertiary/aromatic N) is 1. The van der Waals surface area contributed by atoms with Crippen LogP contribution >= 0.6 is 0 Å². The topological polar surface area (TPSA) is 119 Å². The molecule has 0 aliphatic carbocycles. The minimum atomic E-state index is -1.15. The molecule has 0 fully saturated rings. The van der Waals surface area contributed by atoms with Crippen molar-refractivity contribution in [3.05, 3.63) is 39.7 Å². The van der Waals surface area contributed by atoms with Gasteiger partial charge in [-0.1, -0.05) is 0 Å². The van der Waals surface area contributed by atoms with E-state index in [1.807, 2.05) is 0 Å². The number of amides is 1. The minimum Gasteiger partial charge on any atom is -0.480 e. The third kappa shape index (κ3) is 4.61. The van der Waals surface area contributed by atoms with Gasteiger partial charge < -0.3 is 15.2 Å². The van der Waals surface area contributed by atoms with E-state index in [1.54, 1.807) is 0 Å². The highest BCUT2D eigenvalue weighted by Gasteiger charge is 2.16. The molecule has 108 valence electrons. The molecule has 0 radical (unpaired) electrons. The molecule has 0 bridgehead atoms. The third-order valence-electron chi connectivity index (χ3n) is 2.16. The van der Waals surface area contributed by atoms with Gasteiger partial charge in [0.1, 0.15) is 12.4 Å². The van der Waals surface area contributed by atoms with Crippen molar-refractivity contribution in [1.29, 1.82) is 0 Å². The summed E-state index contributed by atoms with van der Waals surface area (Å²) < 4.78 is 18.0. The van der Waals surface area contributed by atoms with E-state index in [0.717, 1.165) is 18.2 Å². The number of hydrogen-bond acceptors (Lipinski definition) is 5. The second-order valence-corrected chi connectivity index (χ2v) is 3.62. The van der Waals surface area contributed by atoms with Crippen molar-refractivity contribution in [3.8, 4) is 0 Å². The Morgan fingerprint density at radius 2 is 2.15 bits per heavy atom. The molecule has 9 heteroatoms. The Labute approximate surface area is 112 Å². The van der Waals surface area contributed by atoms with Gasteiger partial charge in [-0.2, -0.15) is 0 Å². The first-order valence-corrected chi connectivity index (χ1v) is 5.43. The maximum Gasteiger partial charge on any atom is 0.329 e. The van der Waals surface area contributed by atoms with Gasteiger partial charge in [-0.15, -0.1) is 0 Å². The van der Waals surface area contributed by atoms with E-state index in [0.29, 0.717) is 0 Å². The molecule has 20 heavy (non-hydrogen) atoms. The van der Waals surface area contributed by atoms with E-state index in [2.05, 4.69) is 10.1 Å². The van der Waals surface area contributed by atoms with E-state index < -0.39 is 40.5 Å². The van der Waals surface area contributed by atoms with Crippen molar-refractivity contribution >= 4 is 17.6 Å². The van der Waals surface area contributed by atoms with Crippen LogP contribution in [0, 0.1) is 15.9 Å². The van der Waals surface area contributed by atoms with E-state index >= 15 is 0 Å². The lowest BCUT2D eigenvalue weighted by Crippen LogP contribution is -2.28. The number of carboxylic acid groups (broad SMARTS) is 1. The van der Waals surface area contributed by atoms with Crippen molar-refractivity contribution in [2.24, 2.45) is 0 Å². The maximum atomic E-state index is 13.4. The van der Waals surface area contributed by atoms with Gasteiger partial charge in [-0.05, 0) is 6.07 Å². The maximum absolute atomic E-state index is 13.4. The fourth-order valence-electron chi connectivity index (χ4n) is 1.29. The van der Waals surface area contributed by atoms with Gasteiger partial charge in [0.2, 0.25) is 0 Å². The summed E-state index contributed by atoms with van der Waals surface area (Å²) in [6, 6.07) is 2.60. The zero-order valence-electron chi connectivity index (χ0n) is 10.2. The molecule has 0 spiro atoms. The van der Waals surface area contributed by atoms with Crippen LogP contribution in [0.25, 0.3) is 0 Å². The first-order chi connectivity index (χ1) is 9.41. The summed E-state index contributed by atoms with van der Waals surface area (Å²) in [6.45, 7) is -0.635. The number of rotatable bonds is 7. The lowest BCUT2D eigenvalue weighted by atomic mass is 10.1. The highest BCUT2D eigenvalue weighted by molar-refractivity contribution is 5.95. The van der Waals surface area contributed by atoms with E-state index in [9.17, 15) is 24.1 Å². The van der Waals surface area contributed by atoms with Crippen molar-refractivity contribution in [2.75, 3.05) is 19.8 Å². The fourth-order valence-corrected chi connectivity index (χ4v) is 1.29. The van der Waals surface area contributed by atoms with Crippen LogP contribution in [0.1, 0.15) is 10.4 Å². The van der Waals surface area contributed by atoms with Crippen LogP contribution in [0.4, 0.5) is 10.1 Å². The van der Waals surface area contributed by atoms with Crippen LogP contribution in [0.2, 0.25) is 0 Å². The van der Waals surface area contributed by atoms with Gasteiger partial charge in [-0.3, -0.25) is 14.9 Å². The zero-order chi connectivity index (χ0) is 15.1. The van der Waals surface area contributed by atoms with E-state index in [4.69, 9.17) is 5.11 Å². The van der Waals surface area contributed by atoms with Gasteiger partial charge in [0.05, 0.1) is 17.1 Å². The molecule has 2 N–H and O–H groups in total. The standard InChI is InChI=1S/C11H11FN2O6/c12-9-2-1-7(14(18)19)5-8(9)11(17)13-3-4-20-6-10(15)16/h1-2,5H,3-4,6H2,(H,13,17)(H,15,16). The molecular weight excluding hydrogens is 275 g/mol. The second kappa shape index (κ2) is 7.14. The number of non-ortho nitro benzene ring substituents is 1. The molecule has 0 saturated carbocycles. The monoisotopic (exact) mass is 286 g/mol. The Balaban J connectivity index is 2.57. The molecule has 1 rings (SSSR count). The molecule has 1 amide bonds. The largest absolute Gasteiger partial charge is 0.480 e. The molecule has 0 aliphatic rings. The van der Waals surface area contributed by atoms with Gasteiger partial charge in [0, 0.05) is 18.7 Å². The molecule has 1 aromatic rings. The number of aliphatic carboxylic acids is 1. The van der Waals surface area contributed by atoms with E-state index in [-0.39, 0.29) is 13.2 Å².